The van der Waals surface area contributed by atoms with Crippen LogP contribution < -0.4 is 5.32 Å². The van der Waals surface area contributed by atoms with Crippen LogP contribution in [0.1, 0.15) is 45.1 Å². The van der Waals surface area contributed by atoms with Gasteiger partial charge in [-0.05, 0) is 49.4 Å². The van der Waals surface area contributed by atoms with Crippen LogP contribution in [0.15, 0.2) is 24.3 Å². The summed E-state index contributed by atoms with van der Waals surface area (Å²) in [5.74, 6) is 0.707. The lowest BCUT2D eigenvalue weighted by atomic mass is 9.58. The van der Waals surface area contributed by atoms with Crippen LogP contribution in [-0.2, 0) is 5.41 Å². The van der Waals surface area contributed by atoms with Crippen LogP contribution in [0.3, 0.4) is 0 Å². The molecular weight excluding hydrogens is 225 g/mol. The first-order valence-corrected chi connectivity index (χ1v) is 7.17. The van der Waals surface area contributed by atoms with Crippen LogP contribution in [-0.4, -0.2) is 13.1 Å². The summed E-state index contributed by atoms with van der Waals surface area (Å²) in [6.45, 7) is 6.46. The molecule has 0 amide bonds. The monoisotopic (exact) mass is 249 g/mol. The number of nitrogens with one attached hydrogen (secondary N) is 1. The van der Waals surface area contributed by atoms with Crippen LogP contribution in [0.4, 0.5) is 4.39 Å². The van der Waals surface area contributed by atoms with Crippen molar-refractivity contribution in [3.8, 4) is 0 Å². The minimum Gasteiger partial charge on any atom is -0.316 e. The summed E-state index contributed by atoms with van der Waals surface area (Å²) >= 11 is 0. The average Bonchev–Trinajstić information content (AvgIpc) is 2.32. The van der Waals surface area contributed by atoms with Crippen LogP contribution in [0.25, 0.3) is 0 Å². The fourth-order valence-electron chi connectivity index (χ4n) is 3.14. The predicted octanol–water partition coefficient (Wildman–Crippen LogP) is 3.88. The Morgan fingerprint density at radius 1 is 1.33 bits per heavy atom. The number of halogens is 1. The molecule has 1 fully saturated rings. The number of hydrogen-bond donors (Lipinski definition) is 1. The first-order valence-electron chi connectivity index (χ1n) is 7.17. The van der Waals surface area contributed by atoms with E-state index in [1.165, 1.54) is 30.9 Å². The van der Waals surface area contributed by atoms with Gasteiger partial charge >= 0.3 is 0 Å². The van der Waals surface area contributed by atoms with Gasteiger partial charge in [0.15, 0.2) is 0 Å². The number of hydrogen-bond acceptors (Lipinski definition) is 1. The highest BCUT2D eigenvalue weighted by molar-refractivity contribution is 5.30. The summed E-state index contributed by atoms with van der Waals surface area (Å²) in [4.78, 5) is 0. The molecule has 18 heavy (non-hydrogen) atoms. The molecule has 0 saturated heterocycles. The van der Waals surface area contributed by atoms with Crippen molar-refractivity contribution in [2.75, 3.05) is 13.1 Å². The average molecular weight is 249 g/mol. The highest BCUT2D eigenvalue weighted by Crippen LogP contribution is 2.48. The van der Waals surface area contributed by atoms with Crippen LogP contribution in [0, 0.1) is 11.7 Å². The first kappa shape index (κ1) is 13.5. The highest BCUT2D eigenvalue weighted by atomic mass is 19.1. The Kier molecular flexibility index (Phi) is 4.39. The molecule has 1 aliphatic rings. The van der Waals surface area contributed by atoms with Gasteiger partial charge in [0, 0.05) is 12.0 Å². The SMILES string of the molecule is CCCNCC1(c2cccc(F)c2)CC(CC)C1. The lowest BCUT2D eigenvalue weighted by Gasteiger charge is -2.48. The zero-order chi connectivity index (χ0) is 13.0. The molecule has 0 atom stereocenters. The van der Waals surface area contributed by atoms with Gasteiger partial charge in [-0.1, -0.05) is 32.4 Å². The number of rotatable bonds is 6. The molecule has 100 valence electrons. The van der Waals surface area contributed by atoms with Crippen molar-refractivity contribution in [2.45, 2.75) is 44.9 Å². The molecule has 2 rings (SSSR count). The van der Waals surface area contributed by atoms with E-state index in [0.717, 1.165) is 25.4 Å². The molecule has 1 saturated carbocycles. The third-order valence-corrected chi connectivity index (χ3v) is 4.26. The van der Waals surface area contributed by atoms with Gasteiger partial charge in [0.1, 0.15) is 5.82 Å². The lowest BCUT2D eigenvalue weighted by Crippen LogP contribution is -2.48. The zero-order valence-corrected chi connectivity index (χ0v) is 11.5. The Balaban J connectivity index is 2.10. The largest absolute Gasteiger partial charge is 0.316 e. The van der Waals surface area contributed by atoms with Gasteiger partial charge in [-0.15, -0.1) is 0 Å². The summed E-state index contributed by atoms with van der Waals surface area (Å²) in [7, 11) is 0. The third kappa shape index (κ3) is 2.74. The molecule has 0 heterocycles. The Hall–Kier alpha value is -0.890. The van der Waals surface area contributed by atoms with E-state index >= 15 is 0 Å². The molecule has 1 aromatic rings. The summed E-state index contributed by atoms with van der Waals surface area (Å²) in [6, 6.07) is 7.18. The van der Waals surface area contributed by atoms with Crippen molar-refractivity contribution in [3.05, 3.63) is 35.6 Å². The molecule has 1 N–H and O–H groups in total. The third-order valence-electron chi connectivity index (χ3n) is 4.26. The second-order valence-electron chi connectivity index (χ2n) is 5.65. The maximum atomic E-state index is 13.4. The number of benzene rings is 1. The molecule has 1 aliphatic carbocycles. The summed E-state index contributed by atoms with van der Waals surface area (Å²) in [5, 5.41) is 3.52. The second kappa shape index (κ2) is 5.83. The van der Waals surface area contributed by atoms with Gasteiger partial charge in [0.2, 0.25) is 0 Å². The van der Waals surface area contributed by atoms with Crippen molar-refractivity contribution in [3.63, 3.8) is 0 Å². The first-order chi connectivity index (χ1) is 8.70. The lowest BCUT2D eigenvalue weighted by molar-refractivity contribution is 0.133. The van der Waals surface area contributed by atoms with Gasteiger partial charge in [0.25, 0.3) is 0 Å². The predicted molar refractivity (Wildman–Crippen MR) is 74.3 cm³/mol. The smallest absolute Gasteiger partial charge is 0.123 e. The maximum Gasteiger partial charge on any atom is 0.123 e. The van der Waals surface area contributed by atoms with Crippen molar-refractivity contribution < 1.29 is 4.39 Å². The highest BCUT2D eigenvalue weighted by Gasteiger charge is 2.44. The van der Waals surface area contributed by atoms with E-state index in [1.807, 2.05) is 6.07 Å². The standard InChI is InChI=1S/C16H24FN/c1-3-8-18-12-16(10-13(4-2)11-16)14-6-5-7-15(17)9-14/h5-7,9,13,18H,3-4,8,10-12H2,1-2H3. The van der Waals surface area contributed by atoms with Gasteiger partial charge in [-0.25, -0.2) is 4.39 Å². The van der Waals surface area contributed by atoms with Crippen LogP contribution in [0.2, 0.25) is 0 Å². The van der Waals surface area contributed by atoms with E-state index in [-0.39, 0.29) is 11.2 Å². The molecule has 0 aromatic heterocycles. The minimum absolute atomic E-state index is 0.109. The normalized spacial score (nSPS) is 26.9. The van der Waals surface area contributed by atoms with Crippen molar-refractivity contribution >= 4 is 0 Å². The van der Waals surface area contributed by atoms with E-state index in [9.17, 15) is 4.39 Å². The van der Waals surface area contributed by atoms with Gasteiger partial charge in [0.05, 0.1) is 0 Å². The van der Waals surface area contributed by atoms with Crippen LogP contribution in [0.5, 0.6) is 0 Å². The van der Waals surface area contributed by atoms with Crippen molar-refractivity contribution in [2.24, 2.45) is 5.92 Å². The molecule has 0 aliphatic heterocycles. The molecule has 2 heteroatoms. The van der Waals surface area contributed by atoms with Crippen molar-refractivity contribution in [1.29, 1.82) is 0 Å². The van der Waals surface area contributed by atoms with E-state index in [1.54, 1.807) is 6.07 Å². The Morgan fingerprint density at radius 3 is 2.72 bits per heavy atom. The van der Waals surface area contributed by atoms with Gasteiger partial charge in [-0.2, -0.15) is 0 Å². The zero-order valence-electron chi connectivity index (χ0n) is 11.5. The molecule has 1 nitrogen and oxygen atoms in total. The Labute approximate surface area is 110 Å². The fourth-order valence-corrected chi connectivity index (χ4v) is 3.14. The summed E-state index contributed by atoms with van der Waals surface area (Å²) in [6.07, 6.45) is 4.79. The summed E-state index contributed by atoms with van der Waals surface area (Å²) < 4.78 is 13.4. The molecule has 1 aromatic carbocycles. The Morgan fingerprint density at radius 2 is 2.11 bits per heavy atom. The molecule has 0 bridgehead atoms. The van der Waals surface area contributed by atoms with Gasteiger partial charge in [-0.3, -0.25) is 0 Å². The van der Waals surface area contributed by atoms with Crippen LogP contribution >= 0.6 is 0 Å². The fraction of sp³-hybridized carbons (Fsp3) is 0.625. The Bertz CT molecular complexity index is 382. The topological polar surface area (TPSA) is 12.0 Å². The second-order valence-corrected chi connectivity index (χ2v) is 5.65. The molecule has 0 unspecified atom stereocenters. The molecule has 0 radical (unpaired) electrons. The quantitative estimate of drug-likeness (QED) is 0.754. The molecular formula is C16H24FN. The maximum absolute atomic E-state index is 13.4. The van der Waals surface area contributed by atoms with E-state index in [4.69, 9.17) is 0 Å². The minimum atomic E-state index is -0.109. The summed E-state index contributed by atoms with van der Waals surface area (Å²) in [5.41, 5.74) is 1.36. The van der Waals surface area contributed by atoms with E-state index in [2.05, 4.69) is 25.2 Å². The van der Waals surface area contributed by atoms with Gasteiger partial charge < -0.3 is 5.32 Å². The van der Waals surface area contributed by atoms with E-state index in [0.29, 0.717) is 0 Å². The van der Waals surface area contributed by atoms with Crippen molar-refractivity contribution in [1.82, 2.24) is 5.32 Å². The van der Waals surface area contributed by atoms with E-state index < -0.39 is 0 Å². The molecule has 0 spiro atoms.